The van der Waals surface area contributed by atoms with Crippen molar-refractivity contribution in [2.45, 2.75) is 31.7 Å². The van der Waals surface area contributed by atoms with Gasteiger partial charge in [-0.3, -0.25) is 9.80 Å². The molecule has 0 spiro atoms. The van der Waals surface area contributed by atoms with E-state index in [0.717, 1.165) is 18.6 Å². The second kappa shape index (κ2) is 5.48. The molecule has 2 fully saturated rings. The maximum Gasteiger partial charge on any atom is 0.0503 e. The highest BCUT2D eigenvalue weighted by molar-refractivity contribution is 4.87. The first-order valence-corrected chi connectivity index (χ1v) is 6.74. The van der Waals surface area contributed by atoms with Gasteiger partial charge in [0.2, 0.25) is 0 Å². The van der Waals surface area contributed by atoms with E-state index in [1.807, 2.05) is 0 Å². The van der Waals surface area contributed by atoms with Gasteiger partial charge in [0.1, 0.15) is 0 Å². The van der Waals surface area contributed by atoms with Crippen molar-refractivity contribution in [3.05, 3.63) is 0 Å². The molecule has 0 radical (unpaired) electrons. The van der Waals surface area contributed by atoms with Crippen molar-refractivity contribution in [1.82, 2.24) is 14.7 Å². The SMILES string of the molecule is CN(C)CN1CCCC1C1CCN(C)CC1. The van der Waals surface area contributed by atoms with Gasteiger partial charge in [-0.1, -0.05) is 0 Å². The fraction of sp³-hybridized carbons (Fsp3) is 1.00. The summed E-state index contributed by atoms with van der Waals surface area (Å²) in [7, 11) is 6.62. The third kappa shape index (κ3) is 2.96. The van der Waals surface area contributed by atoms with Crippen LogP contribution in [0.3, 0.4) is 0 Å². The molecule has 0 aromatic rings. The van der Waals surface area contributed by atoms with E-state index in [1.54, 1.807) is 0 Å². The third-order valence-electron chi connectivity index (χ3n) is 4.19. The maximum atomic E-state index is 2.70. The minimum atomic E-state index is 0.871. The summed E-state index contributed by atoms with van der Waals surface area (Å²) in [6.45, 7) is 5.07. The predicted octanol–water partition coefficient (Wildman–Crippen LogP) is 1.31. The fourth-order valence-corrected chi connectivity index (χ4v) is 3.34. The van der Waals surface area contributed by atoms with Gasteiger partial charge in [0.15, 0.2) is 0 Å². The van der Waals surface area contributed by atoms with Gasteiger partial charge in [-0.15, -0.1) is 0 Å². The Morgan fingerprint density at radius 3 is 2.38 bits per heavy atom. The molecule has 0 N–H and O–H groups in total. The number of piperidine rings is 1. The fourth-order valence-electron chi connectivity index (χ4n) is 3.34. The summed E-state index contributed by atoms with van der Waals surface area (Å²) in [5, 5.41) is 0. The third-order valence-corrected chi connectivity index (χ3v) is 4.19. The van der Waals surface area contributed by atoms with Crippen LogP contribution in [0.5, 0.6) is 0 Å². The van der Waals surface area contributed by atoms with Crippen LogP contribution in [-0.4, -0.2) is 68.2 Å². The average molecular weight is 225 g/mol. The van der Waals surface area contributed by atoms with Gasteiger partial charge in [0.05, 0.1) is 6.67 Å². The molecule has 0 aromatic heterocycles. The highest BCUT2D eigenvalue weighted by Crippen LogP contribution is 2.30. The van der Waals surface area contributed by atoms with Crippen molar-refractivity contribution in [3.63, 3.8) is 0 Å². The van der Waals surface area contributed by atoms with Gasteiger partial charge in [-0.05, 0) is 72.4 Å². The molecule has 2 aliphatic heterocycles. The lowest BCUT2D eigenvalue weighted by molar-refractivity contribution is 0.0914. The van der Waals surface area contributed by atoms with E-state index in [-0.39, 0.29) is 0 Å². The lowest BCUT2D eigenvalue weighted by Gasteiger charge is -2.37. The zero-order chi connectivity index (χ0) is 11.5. The lowest BCUT2D eigenvalue weighted by atomic mass is 9.88. The number of rotatable bonds is 3. The van der Waals surface area contributed by atoms with Crippen LogP contribution in [-0.2, 0) is 0 Å². The zero-order valence-electron chi connectivity index (χ0n) is 11.2. The van der Waals surface area contributed by atoms with Crippen molar-refractivity contribution in [2.75, 3.05) is 47.4 Å². The predicted molar refractivity (Wildman–Crippen MR) is 68.5 cm³/mol. The van der Waals surface area contributed by atoms with E-state index in [9.17, 15) is 0 Å². The van der Waals surface area contributed by atoms with Crippen LogP contribution in [0, 0.1) is 5.92 Å². The van der Waals surface area contributed by atoms with E-state index in [1.165, 1.54) is 45.3 Å². The Morgan fingerprint density at radius 1 is 1.06 bits per heavy atom. The molecule has 0 saturated carbocycles. The van der Waals surface area contributed by atoms with Gasteiger partial charge in [0, 0.05) is 6.04 Å². The van der Waals surface area contributed by atoms with E-state index in [4.69, 9.17) is 0 Å². The highest BCUT2D eigenvalue weighted by atomic mass is 15.3. The normalized spacial score (nSPS) is 30.4. The summed E-state index contributed by atoms with van der Waals surface area (Å²) in [4.78, 5) is 7.49. The molecule has 3 nitrogen and oxygen atoms in total. The minimum Gasteiger partial charge on any atom is -0.306 e. The van der Waals surface area contributed by atoms with Gasteiger partial charge in [0.25, 0.3) is 0 Å². The Morgan fingerprint density at radius 2 is 1.75 bits per heavy atom. The van der Waals surface area contributed by atoms with E-state index >= 15 is 0 Å². The molecular formula is C13H27N3. The molecule has 0 aliphatic carbocycles. The molecule has 1 atom stereocenters. The van der Waals surface area contributed by atoms with E-state index < -0.39 is 0 Å². The molecule has 0 aromatic carbocycles. The summed E-state index contributed by atoms with van der Waals surface area (Å²) in [6.07, 6.45) is 5.66. The molecule has 1 unspecified atom stereocenters. The molecule has 2 rings (SSSR count). The zero-order valence-corrected chi connectivity index (χ0v) is 11.2. The van der Waals surface area contributed by atoms with Crippen LogP contribution in [0.1, 0.15) is 25.7 Å². The standard InChI is InChI=1S/C13H27N3/c1-14(2)11-16-8-4-5-13(16)12-6-9-15(3)10-7-12/h12-13H,4-11H2,1-3H3. The van der Waals surface area contributed by atoms with Crippen molar-refractivity contribution in [2.24, 2.45) is 5.92 Å². The summed E-state index contributed by atoms with van der Waals surface area (Å²) in [5.41, 5.74) is 0. The summed E-state index contributed by atoms with van der Waals surface area (Å²) >= 11 is 0. The summed E-state index contributed by atoms with van der Waals surface area (Å²) in [6, 6.07) is 0.871. The molecule has 94 valence electrons. The average Bonchev–Trinajstić information content (AvgIpc) is 2.66. The molecule has 2 heterocycles. The Balaban J connectivity index is 1.87. The van der Waals surface area contributed by atoms with Crippen LogP contribution in [0.2, 0.25) is 0 Å². The topological polar surface area (TPSA) is 9.72 Å². The Labute approximate surface area is 100 Å². The molecule has 16 heavy (non-hydrogen) atoms. The van der Waals surface area contributed by atoms with Gasteiger partial charge >= 0.3 is 0 Å². The second-order valence-corrected chi connectivity index (χ2v) is 5.88. The van der Waals surface area contributed by atoms with Crippen LogP contribution in [0.25, 0.3) is 0 Å². The summed E-state index contributed by atoms with van der Waals surface area (Å²) in [5.74, 6) is 0.957. The van der Waals surface area contributed by atoms with Gasteiger partial charge in [-0.25, -0.2) is 0 Å². The number of hydrogen-bond donors (Lipinski definition) is 0. The largest absolute Gasteiger partial charge is 0.306 e. The number of hydrogen-bond acceptors (Lipinski definition) is 3. The van der Waals surface area contributed by atoms with E-state index in [0.29, 0.717) is 0 Å². The van der Waals surface area contributed by atoms with Crippen molar-refractivity contribution in [1.29, 1.82) is 0 Å². The Bertz CT molecular complexity index is 209. The van der Waals surface area contributed by atoms with Crippen molar-refractivity contribution in [3.8, 4) is 0 Å². The maximum absolute atomic E-state index is 2.70. The molecule has 2 saturated heterocycles. The monoisotopic (exact) mass is 225 g/mol. The smallest absolute Gasteiger partial charge is 0.0503 e. The summed E-state index contributed by atoms with van der Waals surface area (Å²) < 4.78 is 0. The van der Waals surface area contributed by atoms with Gasteiger partial charge in [-0.2, -0.15) is 0 Å². The molecule has 2 aliphatic rings. The molecule has 0 amide bonds. The van der Waals surface area contributed by atoms with Crippen molar-refractivity contribution >= 4 is 0 Å². The van der Waals surface area contributed by atoms with Gasteiger partial charge < -0.3 is 4.90 Å². The quantitative estimate of drug-likeness (QED) is 0.717. The number of nitrogens with zero attached hydrogens (tertiary/aromatic N) is 3. The Kier molecular flexibility index (Phi) is 4.22. The van der Waals surface area contributed by atoms with Crippen LogP contribution >= 0.6 is 0 Å². The van der Waals surface area contributed by atoms with Crippen LogP contribution < -0.4 is 0 Å². The molecular weight excluding hydrogens is 198 g/mol. The second-order valence-electron chi connectivity index (χ2n) is 5.88. The molecule has 0 bridgehead atoms. The molecule has 3 heteroatoms. The van der Waals surface area contributed by atoms with Crippen LogP contribution in [0.4, 0.5) is 0 Å². The highest BCUT2D eigenvalue weighted by Gasteiger charge is 2.33. The van der Waals surface area contributed by atoms with E-state index in [2.05, 4.69) is 35.8 Å². The first kappa shape index (κ1) is 12.3. The first-order chi connectivity index (χ1) is 7.66. The van der Waals surface area contributed by atoms with Crippen LogP contribution in [0.15, 0.2) is 0 Å². The Hall–Kier alpha value is -0.120. The van der Waals surface area contributed by atoms with Crippen molar-refractivity contribution < 1.29 is 0 Å². The number of likely N-dealkylation sites (tertiary alicyclic amines) is 2. The lowest BCUT2D eigenvalue weighted by Crippen LogP contribution is -2.44. The minimum absolute atomic E-state index is 0.871. The first-order valence-electron chi connectivity index (χ1n) is 6.74.